The molecule has 0 N–H and O–H groups in total. The molecule has 3 rings (SSSR count). The second-order valence-electron chi connectivity index (χ2n) is 5.92. The highest BCUT2D eigenvalue weighted by molar-refractivity contribution is 6.30. The molecule has 0 fully saturated rings. The van der Waals surface area contributed by atoms with Crippen molar-refractivity contribution in [1.29, 1.82) is 0 Å². The number of carbonyl (C=O) groups is 1. The Balaban J connectivity index is 2.25. The van der Waals surface area contributed by atoms with Crippen molar-refractivity contribution < 1.29 is 9.18 Å². The molecular formula is C19H20ClFN2O. The standard InChI is InChI=1S/C19H20ClFN2O/c1-3-22-10-11-23(13(2)24)19(15-6-4-5-7-17(15)21)16-12-14(20)8-9-18(16)22/h4-9,12,19H,3,10-11H2,1-2H3. The van der Waals surface area contributed by atoms with Crippen molar-refractivity contribution in [1.82, 2.24) is 4.90 Å². The Morgan fingerprint density at radius 1 is 1.21 bits per heavy atom. The fourth-order valence-corrected chi connectivity index (χ4v) is 3.56. The fourth-order valence-electron chi connectivity index (χ4n) is 3.38. The maximum Gasteiger partial charge on any atom is 0.220 e. The second-order valence-corrected chi connectivity index (χ2v) is 6.36. The van der Waals surface area contributed by atoms with E-state index in [2.05, 4.69) is 11.8 Å². The second kappa shape index (κ2) is 6.81. The predicted molar refractivity (Wildman–Crippen MR) is 95.0 cm³/mol. The van der Waals surface area contributed by atoms with Gasteiger partial charge in [-0.1, -0.05) is 29.8 Å². The number of anilines is 1. The van der Waals surface area contributed by atoms with Crippen LogP contribution in [0.2, 0.25) is 5.02 Å². The molecule has 1 aliphatic heterocycles. The maximum absolute atomic E-state index is 14.5. The first-order chi connectivity index (χ1) is 11.5. The van der Waals surface area contributed by atoms with Crippen LogP contribution in [0.1, 0.15) is 31.0 Å². The minimum absolute atomic E-state index is 0.0767. The van der Waals surface area contributed by atoms with Gasteiger partial charge in [-0.3, -0.25) is 4.79 Å². The van der Waals surface area contributed by atoms with Gasteiger partial charge in [-0.05, 0) is 31.2 Å². The van der Waals surface area contributed by atoms with Gasteiger partial charge in [0, 0.05) is 48.4 Å². The number of amides is 1. The number of carbonyl (C=O) groups excluding carboxylic acids is 1. The summed E-state index contributed by atoms with van der Waals surface area (Å²) < 4.78 is 14.5. The summed E-state index contributed by atoms with van der Waals surface area (Å²) in [6, 6.07) is 11.8. The SMILES string of the molecule is CCN1CCN(C(C)=O)C(c2ccccc2F)c2cc(Cl)ccc21. The Labute approximate surface area is 146 Å². The summed E-state index contributed by atoms with van der Waals surface area (Å²) in [4.78, 5) is 16.2. The van der Waals surface area contributed by atoms with E-state index in [0.717, 1.165) is 17.8 Å². The zero-order valence-electron chi connectivity index (χ0n) is 13.8. The monoisotopic (exact) mass is 346 g/mol. The Bertz CT molecular complexity index is 765. The molecule has 0 saturated heterocycles. The van der Waals surface area contributed by atoms with Gasteiger partial charge in [0.1, 0.15) is 5.82 Å². The molecule has 126 valence electrons. The number of halogens is 2. The molecule has 5 heteroatoms. The lowest BCUT2D eigenvalue weighted by atomic mass is 9.95. The summed E-state index contributed by atoms with van der Waals surface area (Å²) in [7, 11) is 0. The van der Waals surface area contributed by atoms with Gasteiger partial charge >= 0.3 is 0 Å². The highest BCUT2D eigenvalue weighted by atomic mass is 35.5. The van der Waals surface area contributed by atoms with E-state index >= 15 is 0 Å². The Morgan fingerprint density at radius 2 is 1.96 bits per heavy atom. The van der Waals surface area contributed by atoms with Crippen LogP contribution in [-0.4, -0.2) is 30.4 Å². The maximum atomic E-state index is 14.5. The number of nitrogens with zero attached hydrogens (tertiary/aromatic N) is 2. The molecule has 3 nitrogen and oxygen atoms in total. The van der Waals surface area contributed by atoms with Gasteiger partial charge in [-0.25, -0.2) is 4.39 Å². The van der Waals surface area contributed by atoms with Crippen molar-refractivity contribution >= 4 is 23.2 Å². The highest BCUT2D eigenvalue weighted by Gasteiger charge is 2.32. The number of hydrogen-bond acceptors (Lipinski definition) is 2. The average Bonchev–Trinajstić information content (AvgIpc) is 2.71. The van der Waals surface area contributed by atoms with Crippen molar-refractivity contribution in [2.45, 2.75) is 19.9 Å². The van der Waals surface area contributed by atoms with Crippen LogP contribution in [0, 0.1) is 5.82 Å². The number of hydrogen-bond donors (Lipinski definition) is 0. The largest absolute Gasteiger partial charge is 0.370 e. The van der Waals surface area contributed by atoms with Crippen molar-refractivity contribution in [3.63, 3.8) is 0 Å². The Kier molecular flexibility index (Phi) is 4.76. The fraction of sp³-hybridized carbons (Fsp3) is 0.316. The molecule has 1 atom stereocenters. The van der Waals surface area contributed by atoms with Crippen molar-refractivity contribution in [2.75, 3.05) is 24.5 Å². The number of rotatable bonds is 2. The zero-order valence-corrected chi connectivity index (χ0v) is 14.6. The van der Waals surface area contributed by atoms with Gasteiger partial charge in [0.15, 0.2) is 0 Å². The molecule has 1 aliphatic rings. The lowest BCUT2D eigenvalue weighted by molar-refractivity contribution is -0.130. The molecule has 1 heterocycles. The number of likely N-dealkylation sites (N-methyl/N-ethyl adjacent to an activating group) is 1. The van der Waals surface area contributed by atoms with Gasteiger partial charge in [-0.2, -0.15) is 0 Å². The van der Waals surface area contributed by atoms with Crippen LogP contribution in [0.4, 0.5) is 10.1 Å². The molecular weight excluding hydrogens is 327 g/mol. The molecule has 0 bridgehead atoms. The Morgan fingerprint density at radius 3 is 2.62 bits per heavy atom. The molecule has 0 radical (unpaired) electrons. The highest BCUT2D eigenvalue weighted by Crippen LogP contribution is 2.39. The lowest BCUT2D eigenvalue weighted by Gasteiger charge is -2.30. The molecule has 1 unspecified atom stereocenters. The number of fused-ring (bicyclic) bond motifs is 1. The summed E-state index contributed by atoms with van der Waals surface area (Å²) in [5.41, 5.74) is 2.36. The molecule has 2 aromatic carbocycles. The molecule has 0 spiro atoms. The van der Waals surface area contributed by atoms with Crippen LogP contribution in [0.3, 0.4) is 0 Å². The van der Waals surface area contributed by atoms with Crippen LogP contribution < -0.4 is 4.90 Å². The van der Waals surface area contributed by atoms with E-state index in [0.29, 0.717) is 23.7 Å². The van der Waals surface area contributed by atoms with Gasteiger partial charge < -0.3 is 9.80 Å². The van der Waals surface area contributed by atoms with Crippen molar-refractivity contribution in [3.05, 3.63) is 64.4 Å². The first-order valence-corrected chi connectivity index (χ1v) is 8.46. The molecule has 0 aliphatic carbocycles. The minimum atomic E-state index is -0.478. The number of benzene rings is 2. The molecule has 1 amide bonds. The van der Waals surface area contributed by atoms with Crippen LogP contribution >= 0.6 is 11.6 Å². The van der Waals surface area contributed by atoms with E-state index in [9.17, 15) is 9.18 Å². The molecule has 0 saturated carbocycles. The first-order valence-electron chi connectivity index (χ1n) is 8.09. The summed E-state index contributed by atoms with van der Waals surface area (Å²) in [6.45, 7) is 5.65. The lowest BCUT2D eigenvalue weighted by Crippen LogP contribution is -2.37. The minimum Gasteiger partial charge on any atom is -0.370 e. The molecule has 24 heavy (non-hydrogen) atoms. The third kappa shape index (κ3) is 2.98. The summed E-state index contributed by atoms with van der Waals surface area (Å²) >= 11 is 6.22. The van der Waals surface area contributed by atoms with Crippen molar-refractivity contribution in [3.8, 4) is 0 Å². The summed E-state index contributed by atoms with van der Waals surface area (Å²) in [5.74, 6) is -0.392. The van der Waals surface area contributed by atoms with Crippen molar-refractivity contribution in [2.24, 2.45) is 0 Å². The van der Waals surface area contributed by atoms with Crippen LogP contribution in [-0.2, 0) is 4.79 Å². The van der Waals surface area contributed by atoms with E-state index in [-0.39, 0.29) is 11.7 Å². The van der Waals surface area contributed by atoms with E-state index in [1.807, 2.05) is 18.2 Å². The van der Waals surface area contributed by atoms with Crippen LogP contribution in [0.15, 0.2) is 42.5 Å². The van der Waals surface area contributed by atoms with E-state index < -0.39 is 6.04 Å². The van der Waals surface area contributed by atoms with E-state index in [1.165, 1.54) is 13.0 Å². The third-order valence-corrected chi connectivity index (χ3v) is 4.77. The Hall–Kier alpha value is -2.07. The first kappa shape index (κ1) is 16.8. The predicted octanol–water partition coefficient (Wildman–Crippen LogP) is 4.26. The summed E-state index contributed by atoms with van der Waals surface area (Å²) in [5, 5.41) is 0.580. The topological polar surface area (TPSA) is 23.6 Å². The quantitative estimate of drug-likeness (QED) is 0.811. The smallest absolute Gasteiger partial charge is 0.220 e. The third-order valence-electron chi connectivity index (χ3n) is 4.53. The normalized spacial score (nSPS) is 17.4. The van der Waals surface area contributed by atoms with E-state index in [4.69, 9.17) is 11.6 Å². The van der Waals surface area contributed by atoms with Gasteiger partial charge in [-0.15, -0.1) is 0 Å². The average molecular weight is 347 g/mol. The zero-order chi connectivity index (χ0) is 17.3. The van der Waals surface area contributed by atoms with Crippen LogP contribution in [0.25, 0.3) is 0 Å². The molecule has 0 aromatic heterocycles. The van der Waals surface area contributed by atoms with Gasteiger partial charge in [0.2, 0.25) is 5.91 Å². The molecule has 2 aromatic rings. The van der Waals surface area contributed by atoms with E-state index in [1.54, 1.807) is 23.1 Å². The van der Waals surface area contributed by atoms with Gasteiger partial charge in [0.25, 0.3) is 0 Å². The van der Waals surface area contributed by atoms with Gasteiger partial charge in [0.05, 0.1) is 6.04 Å². The summed E-state index contributed by atoms with van der Waals surface area (Å²) in [6.07, 6.45) is 0. The van der Waals surface area contributed by atoms with Crippen LogP contribution in [0.5, 0.6) is 0 Å².